The van der Waals surface area contributed by atoms with Crippen LogP contribution in [0.3, 0.4) is 0 Å². The van der Waals surface area contributed by atoms with Crippen LogP contribution < -0.4 is 0 Å². The third kappa shape index (κ3) is 4.57. The Kier molecular flexibility index (Phi) is 6.18. The summed E-state index contributed by atoms with van der Waals surface area (Å²) in [5.74, 6) is 0.283. The minimum Gasteiger partial charge on any atom is -0.508 e. The fourth-order valence-electron chi connectivity index (χ4n) is 2.55. The molecule has 0 saturated carbocycles. The van der Waals surface area contributed by atoms with E-state index < -0.39 is 0 Å². The van der Waals surface area contributed by atoms with Gasteiger partial charge in [-0.2, -0.15) is 0 Å². The minimum absolute atomic E-state index is 0.0803. The van der Waals surface area contributed by atoms with E-state index in [0.717, 1.165) is 12.0 Å². The van der Waals surface area contributed by atoms with Gasteiger partial charge >= 0.3 is 0 Å². The SMILES string of the molecule is COCc1ccc(O)c(CCCCC(=O)c2ccccc2)c1O. The van der Waals surface area contributed by atoms with Gasteiger partial charge < -0.3 is 14.9 Å². The van der Waals surface area contributed by atoms with Crippen LogP contribution in [-0.4, -0.2) is 23.1 Å². The quantitative estimate of drug-likeness (QED) is 0.574. The molecular weight excluding hydrogens is 292 g/mol. The fourth-order valence-corrected chi connectivity index (χ4v) is 2.55. The Hall–Kier alpha value is -2.33. The first-order valence-corrected chi connectivity index (χ1v) is 7.73. The molecule has 4 nitrogen and oxygen atoms in total. The lowest BCUT2D eigenvalue weighted by molar-refractivity contribution is 0.0979. The van der Waals surface area contributed by atoms with E-state index in [0.29, 0.717) is 37.0 Å². The summed E-state index contributed by atoms with van der Waals surface area (Å²) >= 11 is 0. The van der Waals surface area contributed by atoms with Crippen molar-refractivity contribution in [2.75, 3.05) is 7.11 Å². The van der Waals surface area contributed by atoms with Crippen LogP contribution in [0.1, 0.15) is 40.7 Å². The van der Waals surface area contributed by atoms with Crippen molar-refractivity contribution in [1.29, 1.82) is 0 Å². The Balaban J connectivity index is 1.89. The van der Waals surface area contributed by atoms with Gasteiger partial charge in [0, 0.05) is 30.2 Å². The molecule has 4 heteroatoms. The predicted octanol–water partition coefficient (Wildman–Crippen LogP) is 3.84. The summed E-state index contributed by atoms with van der Waals surface area (Å²) in [5, 5.41) is 20.1. The molecule has 0 saturated heterocycles. The first-order valence-electron chi connectivity index (χ1n) is 7.73. The highest BCUT2D eigenvalue weighted by molar-refractivity contribution is 5.95. The second kappa shape index (κ2) is 8.34. The number of benzene rings is 2. The number of carbonyl (C=O) groups excluding carboxylic acids is 1. The largest absolute Gasteiger partial charge is 0.508 e. The number of hydrogen-bond donors (Lipinski definition) is 2. The summed E-state index contributed by atoms with van der Waals surface area (Å²) in [7, 11) is 1.56. The molecule has 0 fully saturated rings. The van der Waals surface area contributed by atoms with Crippen molar-refractivity contribution in [3.63, 3.8) is 0 Å². The molecular formula is C19H22O4. The number of phenolic OH excluding ortho intramolecular Hbond substituents is 2. The number of unbranched alkanes of at least 4 members (excludes halogenated alkanes) is 1. The van der Waals surface area contributed by atoms with Crippen molar-refractivity contribution in [3.8, 4) is 11.5 Å². The molecule has 0 aliphatic rings. The van der Waals surface area contributed by atoms with E-state index in [1.54, 1.807) is 19.2 Å². The number of methoxy groups -OCH3 is 1. The lowest BCUT2D eigenvalue weighted by atomic mass is 10.00. The molecule has 2 N–H and O–H groups in total. The summed E-state index contributed by atoms with van der Waals surface area (Å²) in [6.07, 6.45) is 2.41. The van der Waals surface area contributed by atoms with Gasteiger partial charge in [-0.25, -0.2) is 0 Å². The van der Waals surface area contributed by atoms with E-state index in [1.165, 1.54) is 0 Å². The van der Waals surface area contributed by atoms with Gasteiger partial charge in [-0.15, -0.1) is 0 Å². The summed E-state index contributed by atoms with van der Waals surface area (Å²) in [6, 6.07) is 12.4. The number of hydrogen-bond acceptors (Lipinski definition) is 4. The summed E-state index contributed by atoms with van der Waals surface area (Å²) in [5.41, 5.74) is 1.90. The van der Waals surface area contributed by atoms with Crippen LogP contribution in [-0.2, 0) is 17.8 Å². The third-order valence-corrected chi connectivity index (χ3v) is 3.82. The maximum absolute atomic E-state index is 12.0. The normalized spacial score (nSPS) is 10.7. The molecule has 0 aliphatic heterocycles. The molecule has 0 spiro atoms. The van der Waals surface area contributed by atoms with Gasteiger partial charge in [0.2, 0.25) is 0 Å². The molecule has 23 heavy (non-hydrogen) atoms. The van der Waals surface area contributed by atoms with Crippen molar-refractivity contribution in [2.45, 2.75) is 32.3 Å². The zero-order chi connectivity index (χ0) is 16.7. The van der Waals surface area contributed by atoms with Crippen LogP contribution in [0.25, 0.3) is 0 Å². The lowest BCUT2D eigenvalue weighted by Gasteiger charge is -2.11. The standard InChI is InChI=1S/C19H22O4/c1-23-13-15-11-12-18(21)16(19(15)22)9-5-6-10-17(20)14-7-3-2-4-8-14/h2-4,7-8,11-12,21-22H,5-6,9-10,13H2,1H3. The van der Waals surface area contributed by atoms with Crippen molar-refractivity contribution >= 4 is 5.78 Å². The molecule has 0 unspecified atom stereocenters. The number of ether oxygens (including phenoxy) is 1. The Morgan fingerprint density at radius 2 is 1.78 bits per heavy atom. The van der Waals surface area contributed by atoms with Crippen LogP contribution in [0.5, 0.6) is 11.5 Å². The van der Waals surface area contributed by atoms with E-state index >= 15 is 0 Å². The average Bonchev–Trinajstić information content (AvgIpc) is 2.57. The van der Waals surface area contributed by atoms with E-state index in [9.17, 15) is 15.0 Å². The summed E-state index contributed by atoms with van der Waals surface area (Å²) in [4.78, 5) is 12.0. The number of phenols is 2. The summed E-state index contributed by atoms with van der Waals surface area (Å²) < 4.78 is 5.02. The number of carbonyl (C=O) groups is 1. The maximum Gasteiger partial charge on any atom is 0.162 e. The van der Waals surface area contributed by atoms with Crippen molar-refractivity contribution in [2.24, 2.45) is 0 Å². The van der Waals surface area contributed by atoms with Crippen molar-refractivity contribution in [3.05, 3.63) is 59.2 Å². The molecule has 0 aromatic heterocycles. The van der Waals surface area contributed by atoms with Gasteiger partial charge in [0.25, 0.3) is 0 Å². The van der Waals surface area contributed by atoms with Crippen LogP contribution in [0.2, 0.25) is 0 Å². The van der Waals surface area contributed by atoms with Crippen molar-refractivity contribution < 1.29 is 19.7 Å². The molecule has 0 atom stereocenters. The number of aromatic hydroxyl groups is 2. The van der Waals surface area contributed by atoms with E-state index in [4.69, 9.17) is 4.74 Å². The second-order valence-corrected chi connectivity index (χ2v) is 5.50. The highest BCUT2D eigenvalue weighted by atomic mass is 16.5. The first-order chi connectivity index (χ1) is 11.1. The number of ketones is 1. The lowest BCUT2D eigenvalue weighted by Crippen LogP contribution is -1.99. The number of Topliss-reactive ketones (excluding diaryl/α,β-unsaturated/α-hetero) is 1. The highest BCUT2D eigenvalue weighted by Crippen LogP contribution is 2.32. The molecule has 0 heterocycles. The average molecular weight is 314 g/mol. The highest BCUT2D eigenvalue weighted by Gasteiger charge is 2.12. The van der Waals surface area contributed by atoms with Gasteiger partial charge in [0.1, 0.15) is 11.5 Å². The van der Waals surface area contributed by atoms with Crippen molar-refractivity contribution in [1.82, 2.24) is 0 Å². The smallest absolute Gasteiger partial charge is 0.162 e. The Bertz CT molecular complexity index is 650. The Morgan fingerprint density at radius 3 is 2.48 bits per heavy atom. The molecule has 2 aromatic rings. The fraction of sp³-hybridized carbons (Fsp3) is 0.316. The van der Waals surface area contributed by atoms with Gasteiger partial charge in [-0.05, 0) is 31.4 Å². The third-order valence-electron chi connectivity index (χ3n) is 3.82. The van der Waals surface area contributed by atoms with E-state index in [2.05, 4.69) is 0 Å². The van der Waals surface area contributed by atoms with Gasteiger partial charge in [0.15, 0.2) is 5.78 Å². The molecule has 0 bridgehead atoms. The van der Waals surface area contributed by atoms with Crippen LogP contribution in [0, 0.1) is 0 Å². The predicted molar refractivity (Wildman–Crippen MR) is 88.8 cm³/mol. The van der Waals surface area contributed by atoms with Gasteiger partial charge in [-0.1, -0.05) is 30.3 Å². The molecule has 122 valence electrons. The van der Waals surface area contributed by atoms with Crippen LogP contribution in [0.15, 0.2) is 42.5 Å². The Morgan fingerprint density at radius 1 is 1.04 bits per heavy atom. The molecule has 0 amide bonds. The maximum atomic E-state index is 12.0. The van der Waals surface area contributed by atoms with Crippen LogP contribution in [0.4, 0.5) is 0 Å². The number of rotatable bonds is 8. The zero-order valence-electron chi connectivity index (χ0n) is 13.3. The van der Waals surface area contributed by atoms with E-state index in [-0.39, 0.29) is 17.3 Å². The Labute approximate surface area is 136 Å². The first kappa shape index (κ1) is 17.0. The van der Waals surface area contributed by atoms with E-state index in [1.807, 2.05) is 30.3 Å². The topological polar surface area (TPSA) is 66.8 Å². The molecule has 0 aliphatic carbocycles. The minimum atomic E-state index is 0.0803. The molecule has 0 radical (unpaired) electrons. The van der Waals surface area contributed by atoms with Crippen LogP contribution >= 0.6 is 0 Å². The van der Waals surface area contributed by atoms with Gasteiger partial charge in [-0.3, -0.25) is 4.79 Å². The summed E-state index contributed by atoms with van der Waals surface area (Å²) in [6.45, 7) is 0.297. The zero-order valence-corrected chi connectivity index (χ0v) is 13.3. The monoisotopic (exact) mass is 314 g/mol. The second-order valence-electron chi connectivity index (χ2n) is 5.50. The van der Waals surface area contributed by atoms with Gasteiger partial charge in [0.05, 0.1) is 6.61 Å². The molecule has 2 rings (SSSR count). The molecule has 2 aromatic carbocycles.